The number of carboxylic acids is 2. The van der Waals surface area contributed by atoms with Crippen LogP contribution in [0.25, 0.3) is 0 Å². The van der Waals surface area contributed by atoms with Crippen LogP contribution in [0.4, 0.5) is 0 Å². The van der Waals surface area contributed by atoms with E-state index < -0.39 is 45.8 Å². The maximum absolute atomic E-state index is 12.8. The van der Waals surface area contributed by atoms with Crippen molar-refractivity contribution in [2.75, 3.05) is 0 Å². The Balaban J connectivity index is 1.92. The second kappa shape index (κ2) is 7.88. The molecule has 4 N–H and O–H groups in total. The molecule has 0 aromatic rings. The van der Waals surface area contributed by atoms with Crippen molar-refractivity contribution >= 4 is 17.7 Å². The zero-order chi connectivity index (χ0) is 26.4. The zero-order valence-corrected chi connectivity index (χ0v) is 21.9. The number of ketones is 1. The van der Waals surface area contributed by atoms with Crippen molar-refractivity contribution in [1.82, 2.24) is 0 Å². The molecular weight excluding hydrogens is 448 g/mol. The van der Waals surface area contributed by atoms with Gasteiger partial charge in [-0.3, -0.25) is 14.4 Å². The van der Waals surface area contributed by atoms with E-state index in [4.69, 9.17) is 0 Å². The van der Waals surface area contributed by atoms with Crippen molar-refractivity contribution in [2.24, 2.45) is 45.3 Å². The summed E-state index contributed by atoms with van der Waals surface area (Å²) in [6, 6.07) is 0. The van der Waals surface area contributed by atoms with Crippen LogP contribution in [0.15, 0.2) is 11.6 Å². The highest BCUT2D eigenvalue weighted by atomic mass is 16.4. The predicted octanol–water partition coefficient (Wildman–Crippen LogP) is 4.06. The van der Waals surface area contributed by atoms with Gasteiger partial charge in [0, 0.05) is 11.8 Å². The molecule has 0 radical (unpaired) electrons. The third-order valence-corrected chi connectivity index (χ3v) is 11.8. The van der Waals surface area contributed by atoms with Crippen molar-refractivity contribution < 1.29 is 34.8 Å². The first-order chi connectivity index (χ1) is 16.0. The van der Waals surface area contributed by atoms with E-state index in [1.54, 1.807) is 13.8 Å². The summed E-state index contributed by atoms with van der Waals surface area (Å²) in [5, 5.41) is 43.2. The van der Waals surface area contributed by atoms with E-state index in [1.165, 1.54) is 0 Å². The molecule has 0 heterocycles. The van der Waals surface area contributed by atoms with Gasteiger partial charge in [0.1, 0.15) is 11.2 Å². The second-order valence-corrected chi connectivity index (χ2v) is 13.1. The van der Waals surface area contributed by atoms with Crippen molar-refractivity contribution in [3.8, 4) is 0 Å². The van der Waals surface area contributed by atoms with Crippen LogP contribution in [-0.2, 0) is 14.4 Å². The van der Waals surface area contributed by atoms with Crippen LogP contribution in [0.2, 0.25) is 0 Å². The maximum atomic E-state index is 12.8. The second-order valence-electron chi connectivity index (χ2n) is 13.1. The number of aliphatic hydroxyl groups excluding tert-OH is 1. The number of allylic oxidation sites excluding steroid dienone is 1. The maximum Gasteiger partial charge on any atom is 0.313 e. The molecule has 3 fully saturated rings. The van der Waals surface area contributed by atoms with Gasteiger partial charge in [-0.25, -0.2) is 0 Å². The van der Waals surface area contributed by atoms with Gasteiger partial charge in [0.25, 0.3) is 0 Å². The molecule has 0 bridgehead atoms. The summed E-state index contributed by atoms with van der Waals surface area (Å²) in [5.41, 5.74) is -3.44. The molecule has 4 rings (SSSR count). The Morgan fingerprint density at radius 3 is 2.23 bits per heavy atom. The number of carbonyl (C=O) groups is 3. The average molecular weight is 491 g/mol. The molecule has 7 heteroatoms. The van der Waals surface area contributed by atoms with E-state index in [0.717, 1.165) is 12.0 Å². The topological polar surface area (TPSA) is 132 Å². The quantitative estimate of drug-likeness (QED) is 0.437. The highest BCUT2D eigenvalue weighted by molar-refractivity contribution is 5.81. The van der Waals surface area contributed by atoms with Crippen LogP contribution in [-0.4, -0.2) is 49.9 Å². The summed E-state index contributed by atoms with van der Waals surface area (Å²) in [6.45, 7) is 11.4. The van der Waals surface area contributed by atoms with Gasteiger partial charge in [-0.15, -0.1) is 0 Å². The number of aliphatic carboxylic acids is 2. The number of carboxylic acid groups (broad SMARTS) is 2. The molecule has 0 amide bonds. The molecule has 0 unspecified atom stereocenters. The summed E-state index contributed by atoms with van der Waals surface area (Å²) in [5.74, 6) is -3.38. The molecule has 10 atom stereocenters. The molecule has 0 aromatic heterocycles. The first kappa shape index (κ1) is 26.3. The summed E-state index contributed by atoms with van der Waals surface area (Å²) in [6.07, 6.45) is 3.78. The zero-order valence-electron chi connectivity index (χ0n) is 21.9. The Bertz CT molecular complexity index is 984. The van der Waals surface area contributed by atoms with E-state index in [2.05, 4.69) is 19.9 Å². The number of hydrogen-bond donors (Lipinski definition) is 4. The number of rotatable bonds is 4. The smallest absolute Gasteiger partial charge is 0.313 e. The molecule has 3 saturated carbocycles. The SMILES string of the molecule is CC(=O)[C@@H]1CC[C@]2(C)[C@H](CC=C3[C@@H]4[C@](C)(O)[C@H](C)C[C@H](O)[C@]4(C(=O)O)CC[C@]32C)[C@@]1(C)CC(=O)O. The Hall–Kier alpha value is -1.73. The molecule has 196 valence electrons. The van der Waals surface area contributed by atoms with Crippen molar-refractivity contribution in [2.45, 2.75) is 98.2 Å². The standard InChI is InChI=1S/C28H42O7/c1-15-13-20(30)28(23(33)34)12-11-25(4)18(22(28)27(15,6)35)7-8-19-24(3,14-21(31)32)17(16(2)29)9-10-26(19,25)5/h7,15,17,19-20,22,30,35H,8-14H2,1-6H3,(H,31,32)(H,33,34)/t15-,17+,19-,20+,22-,24+,25-,26-,27-,28-/m1/s1. The van der Waals surface area contributed by atoms with Crippen molar-refractivity contribution in [3.63, 3.8) is 0 Å². The first-order valence-corrected chi connectivity index (χ1v) is 13.1. The fourth-order valence-electron chi connectivity index (χ4n) is 9.53. The summed E-state index contributed by atoms with van der Waals surface area (Å²) in [7, 11) is 0. The lowest BCUT2D eigenvalue weighted by Crippen LogP contribution is -2.69. The van der Waals surface area contributed by atoms with Gasteiger partial charge < -0.3 is 20.4 Å². The summed E-state index contributed by atoms with van der Waals surface area (Å²) < 4.78 is 0. The third-order valence-electron chi connectivity index (χ3n) is 11.8. The minimum absolute atomic E-state index is 0.0245. The largest absolute Gasteiger partial charge is 0.481 e. The minimum Gasteiger partial charge on any atom is -0.481 e. The predicted molar refractivity (Wildman–Crippen MR) is 129 cm³/mol. The number of fused-ring (bicyclic) bond motifs is 5. The van der Waals surface area contributed by atoms with Crippen molar-refractivity contribution in [3.05, 3.63) is 11.6 Å². The highest BCUT2D eigenvalue weighted by Crippen LogP contribution is 2.74. The van der Waals surface area contributed by atoms with Gasteiger partial charge in [-0.1, -0.05) is 39.3 Å². The molecule has 0 saturated heterocycles. The number of carbonyl (C=O) groups excluding carboxylic acids is 1. The van der Waals surface area contributed by atoms with Gasteiger partial charge in [-0.05, 0) is 80.5 Å². The fraction of sp³-hybridized carbons (Fsp3) is 0.821. The highest BCUT2D eigenvalue weighted by Gasteiger charge is 2.72. The Morgan fingerprint density at radius 2 is 1.69 bits per heavy atom. The molecule has 4 aliphatic rings. The Kier molecular flexibility index (Phi) is 5.93. The monoisotopic (exact) mass is 490 g/mol. The fourth-order valence-corrected chi connectivity index (χ4v) is 9.53. The minimum atomic E-state index is -1.45. The average Bonchev–Trinajstić information content (AvgIpc) is 2.71. The molecule has 0 spiro atoms. The third kappa shape index (κ3) is 3.19. The Morgan fingerprint density at radius 1 is 1.06 bits per heavy atom. The molecule has 4 aliphatic carbocycles. The van der Waals surface area contributed by atoms with Crippen LogP contribution in [0.3, 0.4) is 0 Å². The lowest BCUT2D eigenvalue weighted by molar-refractivity contribution is -0.223. The molecular formula is C28H42O7. The van der Waals surface area contributed by atoms with Gasteiger partial charge in [-0.2, -0.15) is 0 Å². The molecule has 0 aliphatic heterocycles. The molecule has 7 nitrogen and oxygen atoms in total. The van der Waals surface area contributed by atoms with Crippen LogP contribution >= 0.6 is 0 Å². The lowest BCUT2D eigenvalue weighted by Gasteiger charge is -2.69. The Labute approximate surface area is 208 Å². The van der Waals surface area contributed by atoms with Crippen molar-refractivity contribution in [1.29, 1.82) is 0 Å². The van der Waals surface area contributed by atoms with Gasteiger partial charge in [0.2, 0.25) is 0 Å². The van der Waals surface area contributed by atoms with Crippen LogP contribution in [0, 0.1) is 45.3 Å². The normalized spacial score (nSPS) is 51.3. The van der Waals surface area contributed by atoms with E-state index in [0.29, 0.717) is 19.3 Å². The number of aliphatic hydroxyl groups is 2. The van der Waals surface area contributed by atoms with Gasteiger partial charge in [0.05, 0.1) is 18.1 Å². The van der Waals surface area contributed by atoms with Gasteiger partial charge >= 0.3 is 11.9 Å². The van der Waals surface area contributed by atoms with Crippen LogP contribution < -0.4 is 0 Å². The van der Waals surface area contributed by atoms with Crippen LogP contribution in [0.1, 0.15) is 86.5 Å². The summed E-state index contributed by atoms with van der Waals surface area (Å²) >= 11 is 0. The van der Waals surface area contributed by atoms with Gasteiger partial charge in [0.15, 0.2) is 0 Å². The summed E-state index contributed by atoms with van der Waals surface area (Å²) in [4.78, 5) is 37.5. The van der Waals surface area contributed by atoms with Crippen LogP contribution in [0.5, 0.6) is 0 Å². The number of hydrogen-bond acceptors (Lipinski definition) is 5. The molecule has 0 aromatic carbocycles. The van der Waals surface area contributed by atoms with E-state index >= 15 is 0 Å². The molecule has 35 heavy (non-hydrogen) atoms. The first-order valence-electron chi connectivity index (χ1n) is 13.1. The number of Topliss-reactive ketones (excluding diaryl/α,β-unsaturated/α-hetero) is 1. The van der Waals surface area contributed by atoms with E-state index in [9.17, 15) is 34.8 Å². The lowest BCUT2D eigenvalue weighted by atomic mass is 9.34. The van der Waals surface area contributed by atoms with E-state index in [-0.39, 0.29) is 48.2 Å². The van der Waals surface area contributed by atoms with E-state index in [1.807, 2.05) is 13.8 Å².